The number of aliphatic hydroxyl groups is 1. The van der Waals surface area contributed by atoms with Gasteiger partial charge in [0.15, 0.2) is 0 Å². The third-order valence-electron chi connectivity index (χ3n) is 4.47. The zero-order valence-electron chi connectivity index (χ0n) is 16.5. The molecule has 28 heavy (non-hydrogen) atoms. The Hall–Kier alpha value is -2.20. The molecule has 0 unspecified atom stereocenters. The number of aliphatic carboxylic acids is 1. The summed E-state index contributed by atoms with van der Waals surface area (Å²) in [4.78, 5) is 23.4. The normalized spacial score (nSPS) is 18.0. The maximum absolute atomic E-state index is 13.8. The number of hydrogen-bond donors (Lipinski definition) is 2. The number of alkyl halides is 2. The van der Waals surface area contributed by atoms with Crippen LogP contribution in [0.25, 0.3) is 0 Å². The summed E-state index contributed by atoms with van der Waals surface area (Å²) in [7, 11) is 0. The number of halogens is 2. The third-order valence-corrected chi connectivity index (χ3v) is 4.47. The van der Waals surface area contributed by atoms with Crippen LogP contribution in [0.4, 0.5) is 8.78 Å². The summed E-state index contributed by atoms with van der Waals surface area (Å²) >= 11 is 0. The number of carbonyl (C=O) groups is 2. The number of unbranched alkanes of at least 4 members (excludes halogenated alkanes) is 3. The molecule has 5 nitrogen and oxygen atoms in total. The predicted octanol–water partition coefficient (Wildman–Crippen LogP) is 3.74. The Morgan fingerprint density at radius 3 is 2.61 bits per heavy atom. The Morgan fingerprint density at radius 1 is 1.29 bits per heavy atom. The van der Waals surface area contributed by atoms with Gasteiger partial charge in [0, 0.05) is 37.6 Å². The highest BCUT2D eigenvalue weighted by Crippen LogP contribution is 2.31. The monoisotopic (exact) mass is 397 g/mol. The molecule has 0 spiro atoms. The quantitative estimate of drug-likeness (QED) is 0.411. The molecule has 0 fully saturated rings. The molecule has 1 rings (SSSR count). The number of aliphatic hydroxyl groups excluding tert-OH is 1. The Bertz CT molecular complexity index is 661. The van der Waals surface area contributed by atoms with E-state index in [1.807, 2.05) is 13.8 Å². The SMILES string of the molecule is CCC#CC[C@H](C)[C@H](O)/C=C/C1=CC(F)(F)C(=O)N1CCCCCCC(=O)O. The highest BCUT2D eigenvalue weighted by molar-refractivity contribution is 5.91. The minimum absolute atomic E-state index is 0.0754. The predicted molar refractivity (Wildman–Crippen MR) is 102 cm³/mol. The average Bonchev–Trinajstić information content (AvgIpc) is 2.85. The first-order chi connectivity index (χ1) is 13.2. The zero-order valence-corrected chi connectivity index (χ0v) is 16.5. The van der Waals surface area contributed by atoms with Crippen molar-refractivity contribution in [2.75, 3.05) is 6.54 Å². The largest absolute Gasteiger partial charge is 0.481 e. The molecule has 0 radical (unpaired) electrons. The number of carboxylic acid groups (broad SMARTS) is 1. The molecular formula is C21H29F2NO4. The number of nitrogens with zero attached hydrogens (tertiary/aromatic N) is 1. The summed E-state index contributed by atoms with van der Waals surface area (Å²) in [6.07, 6.45) is 6.17. The Labute approximate surface area is 165 Å². The number of carboxylic acids is 1. The van der Waals surface area contributed by atoms with E-state index in [1.54, 1.807) is 0 Å². The summed E-state index contributed by atoms with van der Waals surface area (Å²) in [5.41, 5.74) is 0.0754. The van der Waals surface area contributed by atoms with Crippen LogP contribution in [0.2, 0.25) is 0 Å². The van der Waals surface area contributed by atoms with E-state index in [-0.39, 0.29) is 24.6 Å². The molecule has 7 heteroatoms. The van der Waals surface area contributed by atoms with Crippen LogP contribution < -0.4 is 0 Å². The zero-order chi connectivity index (χ0) is 21.2. The average molecular weight is 397 g/mol. The van der Waals surface area contributed by atoms with E-state index in [1.165, 1.54) is 12.2 Å². The molecule has 1 aliphatic rings. The lowest BCUT2D eigenvalue weighted by Gasteiger charge is -2.20. The highest BCUT2D eigenvalue weighted by atomic mass is 19.3. The topological polar surface area (TPSA) is 77.8 Å². The van der Waals surface area contributed by atoms with Crippen molar-refractivity contribution in [1.82, 2.24) is 4.90 Å². The lowest BCUT2D eigenvalue weighted by molar-refractivity contribution is -0.145. The first-order valence-electron chi connectivity index (χ1n) is 9.65. The van der Waals surface area contributed by atoms with E-state index in [4.69, 9.17) is 5.11 Å². The molecule has 1 aliphatic heterocycles. The molecule has 0 aromatic carbocycles. The minimum atomic E-state index is -3.55. The Balaban J connectivity index is 2.62. The van der Waals surface area contributed by atoms with Crippen molar-refractivity contribution in [3.05, 3.63) is 23.9 Å². The fourth-order valence-corrected chi connectivity index (χ4v) is 2.76. The first-order valence-corrected chi connectivity index (χ1v) is 9.65. The van der Waals surface area contributed by atoms with Gasteiger partial charge < -0.3 is 15.1 Å². The second kappa shape index (κ2) is 11.6. The fraction of sp³-hybridized carbons (Fsp3) is 0.619. The van der Waals surface area contributed by atoms with Crippen LogP contribution in [0, 0.1) is 17.8 Å². The molecule has 0 aromatic rings. The summed E-state index contributed by atoms with van der Waals surface area (Å²) in [5, 5.41) is 18.8. The van der Waals surface area contributed by atoms with Gasteiger partial charge in [-0.1, -0.05) is 32.8 Å². The van der Waals surface area contributed by atoms with E-state index in [9.17, 15) is 23.5 Å². The lowest BCUT2D eigenvalue weighted by Crippen LogP contribution is -2.35. The van der Waals surface area contributed by atoms with E-state index in [2.05, 4.69) is 11.8 Å². The van der Waals surface area contributed by atoms with Crippen molar-refractivity contribution in [3.8, 4) is 11.8 Å². The molecule has 0 aromatic heterocycles. The van der Waals surface area contributed by atoms with Crippen LogP contribution in [0.3, 0.4) is 0 Å². The van der Waals surface area contributed by atoms with E-state index < -0.39 is 23.9 Å². The fourth-order valence-electron chi connectivity index (χ4n) is 2.76. The van der Waals surface area contributed by atoms with Gasteiger partial charge in [0.25, 0.3) is 0 Å². The summed E-state index contributed by atoms with van der Waals surface area (Å²) in [6.45, 7) is 3.88. The van der Waals surface area contributed by atoms with Gasteiger partial charge >= 0.3 is 17.8 Å². The van der Waals surface area contributed by atoms with Gasteiger partial charge in [-0.3, -0.25) is 9.59 Å². The maximum Gasteiger partial charge on any atom is 0.345 e. The smallest absolute Gasteiger partial charge is 0.345 e. The minimum Gasteiger partial charge on any atom is -0.481 e. The third kappa shape index (κ3) is 7.81. The van der Waals surface area contributed by atoms with Crippen LogP contribution in [-0.2, 0) is 9.59 Å². The molecule has 1 heterocycles. The molecule has 0 saturated heterocycles. The summed E-state index contributed by atoms with van der Waals surface area (Å²) in [6, 6.07) is 0. The standard InChI is InChI=1S/C21H29F2NO4/c1-3-4-7-10-16(2)18(25)13-12-17-15-21(22,23)20(28)24(17)14-9-6-5-8-11-19(26)27/h12-13,15-16,18,25H,3,5-6,8-11,14H2,1-2H3,(H,26,27)/b13-12+/t16-,18+/m0/s1. The van der Waals surface area contributed by atoms with Crippen LogP contribution >= 0.6 is 0 Å². The van der Waals surface area contributed by atoms with Gasteiger partial charge in [0.05, 0.1) is 6.10 Å². The van der Waals surface area contributed by atoms with Gasteiger partial charge in [-0.15, -0.1) is 11.8 Å². The number of rotatable bonds is 11. The van der Waals surface area contributed by atoms with Crippen molar-refractivity contribution in [2.24, 2.45) is 5.92 Å². The van der Waals surface area contributed by atoms with E-state index >= 15 is 0 Å². The Morgan fingerprint density at radius 2 is 1.96 bits per heavy atom. The lowest BCUT2D eigenvalue weighted by atomic mass is 10.0. The number of allylic oxidation sites excluding steroid dienone is 1. The van der Waals surface area contributed by atoms with Crippen molar-refractivity contribution in [1.29, 1.82) is 0 Å². The van der Waals surface area contributed by atoms with Crippen molar-refractivity contribution in [2.45, 2.75) is 70.8 Å². The molecule has 0 saturated carbocycles. The second-order valence-electron chi connectivity index (χ2n) is 6.95. The van der Waals surface area contributed by atoms with Crippen LogP contribution in [0.1, 0.15) is 58.8 Å². The molecule has 0 bridgehead atoms. The molecule has 0 aliphatic carbocycles. The van der Waals surface area contributed by atoms with Gasteiger partial charge in [0.1, 0.15) is 0 Å². The van der Waals surface area contributed by atoms with Crippen LogP contribution in [0.5, 0.6) is 0 Å². The Kier molecular flexibility index (Phi) is 9.88. The van der Waals surface area contributed by atoms with Gasteiger partial charge in [-0.05, 0) is 24.8 Å². The molecule has 2 N–H and O–H groups in total. The van der Waals surface area contributed by atoms with E-state index in [0.29, 0.717) is 38.2 Å². The van der Waals surface area contributed by atoms with Crippen LogP contribution in [0.15, 0.2) is 23.9 Å². The van der Waals surface area contributed by atoms with Gasteiger partial charge in [-0.2, -0.15) is 8.78 Å². The van der Waals surface area contributed by atoms with Crippen molar-refractivity contribution >= 4 is 11.9 Å². The summed E-state index contributed by atoms with van der Waals surface area (Å²) < 4.78 is 27.6. The summed E-state index contributed by atoms with van der Waals surface area (Å²) in [5.74, 6) is 0.0239. The first kappa shape index (κ1) is 23.8. The van der Waals surface area contributed by atoms with Crippen molar-refractivity contribution < 1.29 is 28.6 Å². The molecule has 1 amide bonds. The number of amides is 1. The highest BCUT2D eigenvalue weighted by Gasteiger charge is 2.46. The van der Waals surface area contributed by atoms with Gasteiger partial charge in [-0.25, -0.2) is 0 Å². The van der Waals surface area contributed by atoms with E-state index in [0.717, 1.165) is 11.3 Å². The second-order valence-corrected chi connectivity index (χ2v) is 6.95. The molecule has 2 atom stereocenters. The number of hydrogen-bond acceptors (Lipinski definition) is 3. The molecular weight excluding hydrogens is 368 g/mol. The van der Waals surface area contributed by atoms with Crippen LogP contribution in [-0.4, -0.2) is 45.6 Å². The van der Waals surface area contributed by atoms with Crippen molar-refractivity contribution in [3.63, 3.8) is 0 Å². The molecule has 156 valence electrons. The maximum atomic E-state index is 13.8. The number of carbonyl (C=O) groups excluding carboxylic acids is 1. The van der Waals surface area contributed by atoms with Gasteiger partial charge in [0.2, 0.25) is 0 Å².